The minimum atomic E-state index is -3.18. The van der Waals surface area contributed by atoms with Crippen LogP contribution in [-0.2, 0) is 28.4 Å². The molecule has 0 saturated carbocycles. The van der Waals surface area contributed by atoms with Gasteiger partial charge in [0, 0.05) is 11.6 Å². The van der Waals surface area contributed by atoms with Crippen LogP contribution in [0.2, 0.25) is 0 Å². The van der Waals surface area contributed by atoms with E-state index in [1.165, 1.54) is 0 Å². The number of carbonyl (C=O) groups excluding carboxylic acids is 1. The molecule has 158 valence electrons. The summed E-state index contributed by atoms with van der Waals surface area (Å²) in [6, 6.07) is 13.8. The quantitative estimate of drug-likeness (QED) is 0.717. The van der Waals surface area contributed by atoms with Gasteiger partial charge in [-0.2, -0.15) is 0 Å². The summed E-state index contributed by atoms with van der Waals surface area (Å²) in [4.78, 5) is 12.4. The Hall–Kier alpha value is -2.14. The van der Waals surface area contributed by atoms with Gasteiger partial charge in [-0.05, 0) is 82.7 Å². The largest absolute Gasteiger partial charge is 0.350 e. The Morgan fingerprint density at radius 1 is 0.966 bits per heavy atom. The lowest BCUT2D eigenvalue weighted by atomic mass is 9.96. The fourth-order valence-corrected chi connectivity index (χ4v) is 4.12. The second kappa shape index (κ2) is 9.12. The number of sulfone groups is 1. The highest BCUT2D eigenvalue weighted by molar-refractivity contribution is 7.91. The molecule has 0 fully saturated rings. The highest BCUT2D eigenvalue weighted by Crippen LogP contribution is 2.21. The molecule has 5 heteroatoms. The number of amides is 1. The Morgan fingerprint density at radius 2 is 1.55 bits per heavy atom. The molecule has 0 aliphatic rings. The summed E-state index contributed by atoms with van der Waals surface area (Å²) in [6.07, 6.45) is 1.66. The van der Waals surface area contributed by atoms with Crippen molar-refractivity contribution in [2.24, 2.45) is 0 Å². The molecule has 0 spiro atoms. The highest BCUT2D eigenvalue weighted by Gasteiger charge is 2.28. The second-order valence-electron chi connectivity index (χ2n) is 8.91. The Balaban J connectivity index is 2.07. The molecule has 2 rings (SSSR count). The van der Waals surface area contributed by atoms with Crippen LogP contribution in [0.4, 0.5) is 0 Å². The van der Waals surface area contributed by atoms with Gasteiger partial charge >= 0.3 is 0 Å². The van der Waals surface area contributed by atoms with Gasteiger partial charge in [-0.3, -0.25) is 4.79 Å². The molecule has 0 unspecified atom stereocenters. The lowest BCUT2D eigenvalue weighted by Gasteiger charge is -2.19. The first-order valence-corrected chi connectivity index (χ1v) is 11.8. The standard InChI is InChI=1S/C24H33NO3S/c1-17(2)25-23(26)22-9-7-8-21(18(22)3)15-14-19-10-12-20(13-11-19)16-29(27,28)24(4,5)6/h7-13,17H,14-16H2,1-6H3,(H,25,26). The maximum atomic E-state index is 12.4. The van der Waals surface area contributed by atoms with Crippen LogP contribution in [0.5, 0.6) is 0 Å². The first-order valence-electron chi connectivity index (χ1n) is 10.1. The lowest BCUT2D eigenvalue weighted by molar-refractivity contribution is 0.0942. The molecule has 2 aromatic rings. The third kappa shape index (κ3) is 6.17. The topological polar surface area (TPSA) is 63.2 Å². The predicted molar refractivity (Wildman–Crippen MR) is 120 cm³/mol. The van der Waals surface area contributed by atoms with Crippen molar-refractivity contribution in [2.75, 3.05) is 0 Å². The second-order valence-corrected chi connectivity index (χ2v) is 11.6. The monoisotopic (exact) mass is 415 g/mol. The molecule has 0 saturated heterocycles. The average molecular weight is 416 g/mol. The third-order valence-electron chi connectivity index (χ3n) is 5.11. The van der Waals surface area contributed by atoms with Crippen LogP contribution in [0.3, 0.4) is 0 Å². The van der Waals surface area contributed by atoms with Gasteiger partial charge in [-0.15, -0.1) is 0 Å². The Morgan fingerprint density at radius 3 is 2.10 bits per heavy atom. The summed E-state index contributed by atoms with van der Waals surface area (Å²) in [5.41, 5.74) is 4.85. The molecule has 29 heavy (non-hydrogen) atoms. The number of carbonyl (C=O) groups is 1. The van der Waals surface area contributed by atoms with Crippen LogP contribution in [-0.4, -0.2) is 25.1 Å². The summed E-state index contributed by atoms with van der Waals surface area (Å²) in [5.74, 6) is 0.0202. The van der Waals surface area contributed by atoms with E-state index in [1.54, 1.807) is 20.8 Å². The number of rotatable bonds is 7. The fourth-order valence-electron chi connectivity index (χ4n) is 3.06. The maximum absolute atomic E-state index is 12.4. The van der Waals surface area contributed by atoms with E-state index in [-0.39, 0.29) is 17.7 Å². The fraction of sp³-hybridized carbons (Fsp3) is 0.458. The van der Waals surface area contributed by atoms with Crippen molar-refractivity contribution < 1.29 is 13.2 Å². The first kappa shape index (κ1) is 23.1. The van der Waals surface area contributed by atoms with Crippen molar-refractivity contribution >= 4 is 15.7 Å². The van der Waals surface area contributed by atoms with Gasteiger partial charge in [0.25, 0.3) is 5.91 Å². The zero-order chi connectivity index (χ0) is 21.8. The van der Waals surface area contributed by atoms with Crippen molar-refractivity contribution in [1.29, 1.82) is 0 Å². The zero-order valence-electron chi connectivity index (χ0n) is 18.4. The van der Waals surface area contributed by atoms with Crippen LogP contribution in [0.25, 0.3) is 0 Å². The molecular weight excluding hydrogens is 382 g/mol. The van der Waals surface area contributed by atoms with Crippen molar-refractivity contribution in [1.82, 2.24) is 5.32 Å². The number of hydrogen-bond donors (Lipinski definition) is 1. The van der Waals surface area contributed by atoms with E-state index in [1.807, 2.05) is 57.2 Å². The molecule has 1 N–H and O–H groups in total. The van der Waals surface area contributed by atoms with Gasteiger partial charge in [0.1, 0.15) is 0 Å². The van der Waals surface area contributed by atoms with E-state index in [0.717, 1.165) is 40.7 Å². The summed E-state index contributed by atoms with van der Waals surface area (Å²) in [5, 5.41) is 2.95. The van der Waals surface area contributed by atoms with Gasteiger partial charge in [0.05, 0.1) is 10.5 Å². The highest BCUT2D eigenvalue weighted by atomic mass is 32.2. The molecule has 0 aromatic heterocycles. The number of hydrogen-bond acceptors (Lipinski definition) is 3. The summed E-state index contributed by atoms with van der Waals surface area (Å²) in [7, 11) is -3.18. The van der Waals surface area contributed by atoms with Crippen LogP contribution < -0.4 is 5.32 Å². The third-order valence-corrected chi connectivity index (χ3v) is 7.69. The molecule has 2 aromatic carbocycles. The molecule has 0 aliphatic carbocycles. The number of benzene rings is 2. The zero-order valence-corrected chi connectivity index (χ0v) is 19.2. The summed E-state index contributed by atoms with van der Waals surface area (Å²) < 4.78 is 24.0. The normalized spacial score (nSPS) is 12.2. The first-order chi connectivity index (χ1) is 13.4. The van der Waals surface area contributed by atoms with Crippen LogP contribution in [0.15, 0.2) is 42.5 Å². The van der Waals surface area contributed by atoms with Gasteiger partial charge in [-0.25, -0.2) is 8.42 Å². The Kier molecular flexibility index (Phi) is 7.28. The molecule has 0 atom stereocenters. The number of nitrogens with one attached hydrogen (secondary N) is 1. The average Bonchev–Trinajstić information content (AvgIpc) is 2.60. The Labute approximate surface area is 175 Å². The van der Waals surface area contributed by atoms with Crippen molar-refractivity contribution in [3.05, 3.63) is 70.3 Å². The van der Waals surface area contributed by atoms with E-state index in [0.29, 0.717) is 0 Å². The van der Waals surface area contributed by atoms with E-state index >= 15 is 0 Å². The molecular formula is C24H33NO3S. The van der Waals surface area contributed by atoms with Crippen LogP contribution in [0.1, 0.15) is 67.2 Å². The van der Waals surface area contributed by atoms with Crippen LogP contribution in [0, 0.1) is 6.92 Å². The minimum absolute atomic E-state index is 0.0382. The van der Waals surface area contributed by atoms with Gasteiger partial charge in [0.2, 0.25) is 0 Å². The van der Waals surface area contributed by atoms with Crippen molar-refractivity contribution in [3.63, 3.8) is 0 Å². The molecule has 0 radical (unpaired) electrons. The SMILES string of the molecule is Cc1c(CCc2ccc(CS(=O)(=O)C(C)(C)C)cc2)cccc1C(=O)NC(C)C. The molecule has 1 amide bonds. The molecule has 0 aliphatic heterocycles. The molecule has 0 bridgehead atoms. The summed E-state index contributed by atoms with van der Waals surface area (Å²) in [6.45, 7) is 11.1. The maximum Gasteiger partial charge on any atom is 0.251 e. The van der Waals surface area contributed by atoms with Gasteiger partial charge in [-0.1, -0.05) is 36.4 Å². The summed E-state index contributed by atoms with van der Waals surface area (Å²) >= 11 is 0. The van der Waals surface area contributed by atoms with Crippen molar-refractivity contribution in [2.45, 2.75) is 70.9 Å². The van der Waals surface area contributed by atoms with E-state index in [4.69, 9.17) is 0 Å². The Bertz CT molecular complexity index is 953. The lowest BCUT2D eigenvalue weighted by Crippen LogP contribution is -2.30. The number of aryl methyl sites for hydroxylation is 2. The van der Waals surface area contributed by atoms with E-state index in [2.05, 4.69) is 11.4 Å². The van der Waals surface area contributed by atoms with Gasteiger partial charge in [0.15, 0.2) is 9.84 Å². The van der Waals surface area contributed by atoms with E-state index in [9.17, 15) is 13.2 Å². The smallest absolute Gasteiger partial charge is 0.251 e. The molecule has 0 heterocycles. The predicted octanol–water partition coefficient (Wildman–Crippen LogP) is 4.63. The van der Waals surface area contributed by atoms with Gasteiger partial charge < -0.3 is 5.32 Å². The van der Waals surface area contributed by atoms with Crippen molar-refractivity contribution in [3.8, 4) is 0 Å². The van der Waals surface area contributed by atoms with Crippen LogP contribution >= 0.6 is 0 Å². The van der Waals surface area contributed by atoms with E-state index < -0.39 is 14.6 Å². The molecule has 4 nitrogen and oxygen atoms in total. The minimum Gasteiger partial charge on any atom is -0.350 e.